The lowest BCUT2D eigenvalue weighted by atomic mass is 9.69. The van der Waals surface area contributed by atoms with Gasteiger partial charge < -0.3 is 29.3 Å². The number of hydrogen-bond donors (Lipinski definition) is 2. The van der Waals surface area contributed by atoms with E-state index in [0.29, 0.717) is 29.2 Å². The van der Waals surface area contributed by atoms with Crippen molar-refractivity contribution in [2.24, 2.45) is 17.3 Å². The van der Waals surface area contributed by atoms with Gasteiger partial charge in [0.25, 0.3) is 0 Å². The molecular weight excluding hydrogens is 494 g/mol. The molecule has 8 heteroatoms. The predicted molar refractivity (Wildman–Crippen MR) is 141 cm³/mol. The Labute approximate surface area is 227 Å². The topological polar surface area (TPSA) is 108 Å². The molecule has 2 aromatic carbocycles. The fourth-order valence-corrected chi connectivity index (χ4v) is 7.85. The van der Waals surface area contributed by atoms with Crippen LogP contribution < -0.4 is 9.47 Å². The average Bonchev–Trinajstić information content (AvgIpc) is 3.32. The summed E-state index contributed by atoms with van der Waals surface area (Å²) in [4.78, 5) is 6.71. The SMILES string of the molecule is COc1cncc2c1[C@]1(O)[C@@H](CN3CC4(COC4)C3)[C@H](CO)[C@@H](c3ccccc3)[C@]1(c1ccc(C#N)cc1)O2. The molecule has 1 saturated carbocycles. The van der Waals surface area contributed by atoms with Crippen LogP contribution in [0.4, 0.5) is 0 Å². The molecule has 39 heavy (non-hydrogen) atoms. The Bertz CT molecular complexity index is 1430. The third-order valence-electron chi connectivity index (χ3n) is 9.44. The van der Waals surface area contributed by atoms with Crippen molar-refractivity contribution in [2.75, 3.05) is 46.6 Å². The van der Waals surface area contributed by atoms with E-state index in [1.165, 1.54) is 0 Å². The number of benzene rings is 2. The van der Waals surface area contributed by atoms with E-state index < -0.39 is 17.1 Å². The van der Waals surface area contributed by atoms with Crippen molar-refractivity contribution in [3.8, 4) is 17.6 Å². The number of nitrogens with zero attached hydrogens (tertiary/aromatic N) is 3. The zero-order valence-electron chi connectivity index (χ0n) is 21.8. The van der Waals surface area contributed by atoms with E-state index in [-0.39, 0.29) is 23.9 Å². The summed E-state index contributed by atoms with van der Waals surface area (Å²) < 4.78 is 18.2. The van der Waals surface area contributed by atoms with E-state index in [0.717, 1.165) is 37.4 Å². The van der Waals surface area contributed by atoms with Crippen LogP contribution in [0.25, 0.3) is 0 Å². The lowest BCUT2D eigenvalue weighted by molar-refractivity contribution is -0.200. The third-order valence-corrected chi connectivity index (χ3v) is 9.44. The van der Waals surface area contributed by atoms with Crippen molar-refractivity contribution < 1.29 is 24.4 Å². The van der Waals surface area contributed by atoms with Gasteiger partial charge in [-0.05, 0) is 23.3 Å². The van der Waals surface area contributed by atoms with Gasteiger partial charge >= 0.3 is 0 Å². The number of nitriles is 1. The number of fused-ring (bicyclic) bond motifs is 3. The molecule has 0 bridgehead atoms. The summed E-state index contributed by atoms with van der Waals surface area (Å²) in [5, 5.41) is 33.8. The summed E-state index contributed by atoms with van der Waals surface area (Å²) in [6, 6.07) is 19.4. The molecule has 8 nitrogen and oxygen atoms in total. The standard InChI is InChI=1S/C31H31N3O5/c1-37-25-12-33-13-26-28(25)30(36)24(14-34-16-29(17-34)18-38-19-29)23(15-35)27(21-5-3-2-4-6-21)31(30,39-26)22-9-7-20(11-32)8-10-22/h2-10,12-13,23-24,27,35-36H,14-19H2,1H3/t23-,24-,27+,30+,31-/m0/s1. The average molecular weight is 526 g/mol. The Morgan fingerprint density at radius 2 is 1.85 bits per heavy atom. The Hall–Kier alpha value is -3.48. The van der Waals surface area contributed by atoms with Crippen LogP contribution in [0.15, 0.2) is 67.0 Å². The lowest BCUT2D eigenvalue weighted by Crippen LogP contribution is -2.67. The smallest absolute Gasteiger partial charge is 0.174 e. The van der Waals surface area contributed by atoms with Gasteiger partial charge in [-0.25, -0.2) is 0 Å². The molecule has 5 atom stereocenters. The predicted octanol–water partition coefficient (Wildman–Crippen LogP) is 2.79. The number of ether oxygens (including phenoxy) is 3. The van der Waals surface area contributed by atoms with E-state index in [4.69, 9.17) is 14.2 Å². The van der Waals surface area contributed by atoms with Crippen LogP contribution in [-0.2, 0) is 15.9 Å². The van der Waals surface area contributed by atoms with Crippen molar-refractivity contribution in [3.05, 3.63) is 89.2 Å². The van der Waals surface area contributed by atoms with Gasteiger partial charge in [-0.3, -0.25) is 4.98 Å². The van der Waals surface area contributed by atoms with Crippen LogP contribution >= 0.6 is 0 Å². The summed E-state index contributed by atoms with van der Waals surface area (Å²) in [6.45, 7) is 3.81. The van der Waals surface area contributed by atoms with Gasteiger partial charge in [0.05, 0.1) is 49.9 Å². The van der Waals surface area contributed by atoms with Gasteiger partial charge in [0.15, 0.2) is 5.60 Å². The minimum Gasteiger partial charge on any atom is -0.495 e. The zero-order chi connectivity index (χ0) is 26.8. The number of rotatable bonds is 6. The Balaban J connectivity index is 1.46. The first-order valence-corrected chi connectivity index (χ1v) is 13.4. The first-order valence-electron chi connectivity index (χ1n) is 13.4. The Kier molecular flexibility index (Phi) is 5.52. The highest BCUT2D eigenvalue weighted by Crippen LogP contribution is 2.71. The molecular formula is C31H31N3O5. The normalized spacial score (nSPS) is 31.9. The van der Waals surface area contributed by atoms with Crippen molar-refractivity contribution in [2.45, 2.75) is 17.1 Å². The number of aliphatic hydroxyl groups excluding tert-OH is 1. The van der Waals surface area contributed by atoms with E-state index in [9.17, 15) is 15.5 Å². The minimum atomic E-state index is -1.56. The van der Waals surface area contributed by atoms with Crippen molar-refractivity contribution >= 4 is 0 Å². The number of likely N-dealkylation sites (tertiary alicyclic amines) is 1. The summed E-state index contributed by atoms with van der Waals surface area (Å²) in [7, 11) is 1.57. The Morgan fingerprint density at radius 3 is 2.46 bits per heavy atom. The maximum atomic E-state index is 13.3. The third kappa shape index (κ3) is 3.22. The van der Waals surface area contributed by atoms with E-state index >= 15 is 0 Å². The number of methoxy groups -OCH3 is 1. The van der Waals surface area contributed by atoms with Crippen LogP contribution in [0.5, 0.6) is 11.5 Å². The number of aromatic nitrogens is 1. The van der Waals surface area contributed by atoms with E-state index in [2.05, 4.69) is 16.0 Å². The molecule has 4 heterocycles. The quantitative estimate of drug-likeness (QED) is 0.506. The molecule has 200 valence electrons. The molecule has 7 rings (SSSR count). The molecule has 1 aliphatic carbocycles. The second-order valence-corrected chi connectivity index (χ2v) is 11.5. The van der Waals surface area contributed by atoms with Gasteiger partial charge in [0.2, 0.25) is 0 Å². The van der Waals surface area contributed by atoms with Crippen molar-refractivity contribution in [1.82, 2.24) is 9.88 Å². The van der Waals surface area contributed by atoms with Gasteiger partial charge in [0.1, 0.15) is 17.1 Å². The van der Waals surface area contributed by atoms with Gasteiger partial charge in [0, 0.05) is 49.4 Å². The second kappa shape index (κ2) is 8.77. The highest BCUT2D eigenvalue weighted by molar-refractivity contribution is 5.59. The molecule has 2 saturated heterocycles. The molecule has 3 aromatic rings. The molecule has 0 unspecified atom stereocenters. The number of pyridine rings is 1. The fraction of sp³-hybridized carbons (Fsp3) is 0.419. The van der Waals surface area contributed by atoms with Crippen molar-refractivity contribution in [1.29, 1.82) is 5.26 Å². The minimum absolute atomic E-state index is 0.126. The molecule has 1 spiro atoms. The van der Waals surface area contributed by atoms with Gasteiger partial charge in [-0.15, -0.1) is 0 Å². The molecule has 1 aromatic heterocycles. The molecule has 0 radical (unpaired) electrons. The first kappa shape index (κ1) is 24.6. The van der Waals surface area contributed by atoms with E-state index in [1.807, 2.05) is 42.5 Å². The highest BCUT2D eigenvalue weighted by atomic mass is 16.5. The summed E-state index contributed by atoms with van der Waals surface area (Å²) in [6.07, 6.45) is 3.25. The van der Waals surface area contributed by atoms with Crippen LogP contribution in [0.2, 0.25) is 0 Å². The fourth-order valence-electron chi connectivity index (χ4n) is 7.85. The molecule has 2 N–H and O–H groups in total. The summed E-state index contributed by atoms with van der Waals surface area (Å²) >= 11 is 0. The zero-order valence-corrected chi connectivity index (χ0v) is 21.8. The second-order valence-electron chi connectivity index (χ2n) is 11.5. The molecule has 4 aliphatic rings. The van der Waals surface area contributed by atoms with E-state index in [1.54, 1.807) is 31.6 Å². The lowest BCUT2D eigenvalue weighted by Gasteiger charge is -2.56. The Morgan fingerprint density at radius 1 is 1.10 bits per heavy atom. The monoisotopic (exact) mass is 525 g/mol. The van der Waals surface area contributed by atoms with Crippen LogP contribution in [0.3, 0.4) is 0 Å². The van der Waals surface area contributed by atoms with Gasteiger partial charge in [-0.1, -0.05) is 42.5 Å². The number of aliphatic hydroxyl groups is 2. The maximum Gasteiger partial charge on any atom is 0.174 e. The van der Waals surface area contributed by atoms with Crippen LogP contribution in [-0.4, -0.2) is 66.7 Å². The largest absolute Gasteiger partial charge is 0.495 e. The van der Waals surface area contributed by atoms with Crippen molar-refractivity contribution in [3.63, 3.8) is 0 Å². The molecule has 0 amide bonds. The molecule has 3 fully saturated rings. The summed E-state index contributed by atoms with van der Waals surface area (Å²) in [5.74, 6) is -0.192. The van der Waals surface area contributed by atoms with Crippen LogP contribution in [0.1, 0.15) is 28.2 Å². The number of hydrogen-bond acceptors (Lipinski definition) is 8. The highest BCUT2D eigenvalue weighted by Gasteiger charge is 2.76. The van der Waals surface area contributed by atoms with Gasteiger partial charge in [-0.2, -0.15) is 5.26 Å². The van der Waals surface area contributed by atoms with Crippen LogP contribution in [0, 0.1) is 28.6 Å². The summed E-state index contributed by atoms with van der Waals surface area (Å²) in [5.41, 5.74) is 0.155. The first-order chi connectivity index (χ1) is 19.0. The maximum absolute atomic E-state index is 13.3. The molecule has 3 aliphatic heterocycles.